The van der Waals surface area contributed by atoms with Gasteiger partial charge in [0.1, 0.15) is 0 Å². The number of esters is 1. The summed E-state index contributed by atoms with van der Waals surface area (Å²) < 4.78 is 4.96. The normalized spacial score (nSPS) is 9.92. The lowest BCUT2D eigenvalue weighted by molar-refractivity contribution is -0.125. The molecule has 6 heteroatoms. The van der Waals surface area contributed by atoms with Gasteiger partial charge in [-0.25, -0.2) is 4.79 Å². The molecule has 2 aromatic rings. The topological polar surface area (TPSA) is 84.5 Å². The van der Waals surface area contributed by atoms with E-state index in [4.69, 9.17) is 4.74 Å². The van der Waals surface area contributed by atoms with Crippen LogP contribution in [0.5, 0.6) is 0 Å². The average Bonchev–Trinajstić information content (AvgIpc) is 2.60. The van der Waals surface area contributed by atoms with Gasteiger partial charge in [0.15, 0.2) is 6.61 Å². The van der Waals surface area contributed by atoms with E-state index in [2.05, 4.69) is 10.9 Å². The van der Waals surface area contributed by atoms with Crippen LogP contribution in [0.25, 0.3) is 0 Å². The quantitative estimate of drug-likeness (QED) is 0.664. The highest BCUT2D eigenvalue weighted by molar-refractivity contribution is 5.96. The number of hydrazine groups is 1. The molecule has 0 heterocycles. The van der Waals surface area contributed by atoms with Gasteiger partial charge in [0.25, 0.3) is 11.8 Å². The van der Waals surface area contributed by atoms with Crippen molar-refractivity contribution in [3.05, 3.63) is 70.8 Å². The van der Waals surface area contributed by atoms with Crippen LogP contribution in [0.3, 0.4) is 0 Å². The highest BCUT2D eigenvalue weighted by atomic mass is 16.5. The lowest BCUT2D eigenvalue weighted by atomic mass is 10.0. The fourth-order valence-corrected chi connectivity index (χ4v) is 2.01. The first-order valence-electron chi connectivity index (χ1n) is 7.36. The second kappa shape index (κ2) is 7.92. The van der Waals surface area contributed by atoms with E-state index in [1.165, 1.54) is 0 Å². The van der Waals surface area contributed by atoms with Gasteiger partial charge in [0, 0.05) is 5.56 Å². The Morgan fingerprint density at radius 2 is 1.62 bits per heavy atom. The van der Waals surface area contributed by atoms with E-state index in [-0.39, 0.29) is 0 Å². The van der Waals surface area contributed by atoms with Crippen LogP contribution in [0.15, 0.2) is 48.5 Å². The van der Waals surface area contributed by atoms with Gasteiger partial charge in [-0.3, -0.25) is 20.4 Å². The predicted molar refractivity (Wildman–Crippen MR) is 88.2 cm³/mol. The molecule has 124 valence electrons. The summed E-state index contributed by atoms with van der Waals surface area (Å²) in [6.45, 7) is 3.21. The maximum Gasteiger partial charge on any atom is 0.338 e. The summed E-state index contributed by atoms with van der Waals surface area (Å²) in [5, 5.41) is 0. The molecule has 0 saturated carbocycles. The molecule has 0 unspecified atom stereocenters. The van der Waals surface area contributed by atoms with Crippen LogP contribution in [0, 0.1) is 13.8 Å². The van der Waals surface area contributed by atoms with E-state index in [1.54, 1.807) is 42.5 Å². The summed E-state index contributed by atoms with van der Waals surface area (Å²) >= 11 is 0. The second-order valence-electron chi connectivity index (χ2n) is 5.19. The number of hydrogen-bond acceptors (Lipinski definition) is 4. The number of amides is 2. The Morgan fingerprint density at radius 3 is 2.33 bits per heavy atom. The Kier molecular flexibility index (Phi) is 5.68. The van der Waals surface area contributed by atoms with Crippen molar-refractivity contribution in [1.29, 1.82) is 0 Å². The fraction of sp³-hybridized carbons (Fsp3) is 0.167. The predicted octanol–water partition coefficient (Wildman–Crippen LogP) is 1.92. The molecule has 0 radical (unpaired) electrons. The van der Waals surface area contributed by atoms with Crippen molar-refractivity contribution in [3.63, 3.8) is 0 Å². The minimum Gasteiger partial charge on any atom is -0.452 e. The van der Waals surface area contributed by atoms with E-state index in [0.717, 1.165) is 11.1 Å². The maximum absolute atomic E-state index is 12.0. The van der Waals surface area contributed by atoms with E-state index in [0.29, 0.717) is 11.1 Å². The largest absolute Gasteiger partial charge is 0.452 e. The molecule has 0 aliphatic carbocycles. The molecule has 2 amide bonds. The van der Waals surface area contributed by atoms with Crippen molar-refractivity contribution in [2.45, 2.75) is 13.8 Å². The van der Waals surface area contributed by atoms with Crippen LogP contribution in [0.2, 0.25) is 0 Å². The molecule has 0 aromatic heterocycles. The summed E-state index contributed by atoms with van der Waals surface area (Å²) in [6.07, 6.45) is 0. The van der Waals surface area contributed by atoms with Crippen molar-refractivity contribution in [2.24, 2.45) is 0 Å². The maximum atomic E-state index is 12.0. The molecule has 0 aliphatic rings. The van der Waals surface area contributed by atoms with Crippen molar-refractivity contribution >= 4 is 17.8 Å². The van der Waals surface area contributed by atoms with Crippen LogP contribution in [0.4, 0.5) is 0 Å². The molecule has 0 fully saturated rings. The molecule has 0 spiro atoms. The van der Waals surface area contributed by atoms with Crippen LogP contribution in [0.1, 0.15) is 31.8 Å². The first-order chi connectivity index (χ1) is 11.5. The van der Waals surface area contributed by atoms with Crippen molar-refractivity contribution in [1.82, 2.24) is 10.9 Å². The number of carbonyl (C=O) groups excluding carboxylic acids is 3. The standard InChI is InChI=1S/C18H18N2O4/c1-12-7-6-10-15(13(12)2)18(23)24-11-16(21)19-20-17(22)14-8-4-3-5-9-14/h3-10H,11H2,1-2H3,(H,19,21)(H,20,22). The molecule has 0 atom stereocenters. The van der Waals surface area contributed by atoms with Gasteiger partial charge in [-0.2, -0.15) is 0 Å². The molecular weight excluding hydrogens is 308 g/mol. The summed E-state index contributed by atoms with van der Waals surface area (Å²) in [5.41, 5.74) is 7.04. The second-order valence-corrected chi connectivity index (χ2v) is 5.19. The average molecular weight is 326 g/mol. The minimum atomic E-state index is -0.627. The van der Waals surface area contributed by atoms with Crippen molar-refractivity contribution in [2.75, 3.05) is 6.61 Å². The molecule has 0 aliphatic heterocycles. The van der Waals surface area contributed by atoms with Crippen LogP contribution < -0.4 is 10.9 Å². The number of aryl methyl sites for hydroxylation is 1. The van der Waals surface area contributed by atoms with Gasteiger partial charge < -0.3 is 4.74 Å². The SMILES string of the molecule is Cc1cccc(C(=O)OCC(=O)NNC(=O)c2ccccc2)c1C. The summed E-state index contributed by atoms with van der Waals surface area (Å²) in [5.74, 6) is -1.66. The molecule has 2 rings (SSSR count). The first-order valence-corrected chi connectivity index (χ1v) is 7.36. The van der Waals surface area contributed by atoms with Gasteiger partial charge in [-0.1, -0.05) is 30.3 Å². The first kappa shape index (κ1) is 17.2. The summed E-state index contributed by atoms with van der Waals surface area (Å²) in [7, 11) is 0. The van der Waals surface area contributed by atoms with Crippen LogP contribution in [-0.4, -0.2) is 24.4 Å². The third-order valence-electron chi connectivity index (χ3n) is 3.51. The fourth-order valence-electron chi connectivity index (χ4n) is 2.01. The molecular formula is C18H18N2O4. The van der Waals surface area contributed by atoms with E-state index in [1.807, 2.05) is 19.9 Å². The molecule has 6 nitrogen and oxygen atoms in total. The minimum absolute atomic E-state index is 0.408. The van der Waals surface area contributed by atoms with Gasteiger partial charge >= 0.3 is 5.97 Å². The third-order valence-corrected chi connectivity index (χ3v) is 3.51. The van der Waals surface area contributed by atoms with Gasteiger partial charge in [0.2, 0.25) is 0 Å². The highest BCUT2D eigenvalue weighted by Gasteiger charge is 2.14. The molecule has 2 aromatic carbocycles. The van der Waals surface area contributed by atoms with Crippen molar-refractivity contribution < 1.29 is 19.1 Å². The zero-order valence-electron chi connectivity index (χ0n) is 13.5. The Labute approximate surface area is 139 Å². The molecule has 2 N–H and O–H groups in total. The van der Waals surface area contributed by atoms with E-state index >= 15 is 0 Å². The Morgan fingerprint density at radius 1 is 0.917 bits per heavy atom. The Balaban J connectivity index is 1.82. The monoisotopic (exact) mass is 326 g/mol. The lowest BCUT2D eigenvalue weighted by Gasteiger charge is -2.10. The number of benzene rings is 2. The van der Waals surface area contributed by atoms with E-state index in [9.17, 15) is 14.4 Å². The number of rotatable bonds is 4. The Hall–Kier alpha value is -3.15. The van der Waals surface area contributed by atoms with Gasteiger partial charge in [-0.15, -0.1) is 0 Å². The van der Waals surface area contributed by atoms with E-state index < -0.39 is 24.4 Å². The Bertz CT molecular complexity index is 757. The summed E-state index contributed by atoms with van der Waals surface area (Å²) in [4.78, 5) is 35.4. The number of carbonyl (C=O) groups is 3. The van der Waals surface area contributed by atoms with Crippen LogP contribution >= 0.6 is 0 Å². The zero-order chi connectivity index (χ0) is 17.5. The van der Waals surface area contributed by atoms with Gasteiger partial charge in [0.05, 0.1) is 5.56 Å². The van der Waals surface area contributed by atoms with Crippen molar-refractivity contribution in [3.8, 4) is 0 Å². The lowest BCUT2D eigenvalue weighted by Crippen LogP contribution is -2.43. The third kappa shape index (κ3) is 4.42. The number of hydrogen-bond donors (Lipinski definition) is 2. The van der Waals surface area contributed by atoms with Gasteiger partial charge in [-0.05, 0) is 43.2 Å². The molecule has 24 heavy (non-hydrogen) atoms. The summed E-state index contributed by atoms with van der Waals surface area (Å²) in [6, 6.07) is 13.7. The zero-order valence-corrected chi connectivity index (χ0v) is 13.5. The van der Waals surface area contributed by atoms with Crippen LogP contribution in [-0.2, 0) is 9.53 Å². The molecule has 0 saturated heterocycles. The number of ether oxygens (including phenoxy) is 1. The number of nitrogens with one attached hydrogen (secondary N) is 2. The molecule has 0 bridgehead atoms. The highest BCUT2D eigenvalue weighted by Crippen LogP contribution is 2.13. The smallest absolute Gasteiger partial charge is 0.338 e.